The van der Waals surface area contributed by atoms with Crippen molar-refractivity contribution in [2.75, 3.05) is 4.90 Å². The lowest BCUT2D eigenvalue weighted by Gasteiger charge is -2.17. The highest BCUT2D eigenvalue weighted by molar-refractivity contribution is 6.54. The number of benzene rings is 3. The van der Waals surface area contributed by atoms with Gasteiger partial charge in [-0.3, -0.25) is 4.79 Å². The van der Waals surface area contributed by atoms with Gasteiger partial charge in [0.05, 0.1) is 22.8 Å². The van der Waals surface area contributed by atoms with E-state index < -0.39 is 11.9 Å². The molecular weight excluding hydrogens is 482 g/mol. The SMILES string of the molecule is O=C(O/N=C1\C(=O)N(Cc2ccc(Cl)cc2Cl)c2ccccc21)c1ccc(Cl)cc1Cl. The second-order valence-corrected chi connectivity index (χ2v) is 8.27. The maximum absolute atomic E-state index is 13.1. The standard InChI is InChI=1S/C22H12Cl4N2O3/c23-13-6-5-12(17(25)9-13)11-28-19-4-2-1-3-16(19)20(21(28)29)27-31-22(30)15-8-7-14(24)10-18(15)26/h1-10H,11H2/b27-20-. The van der Waals surface area contributed by atoms with Crippen LogP contribution in [0.15, 0.2) is 65.8 Å². The molecular formula is C22H12Cl4N2O3. The molecule has 0 aliphatic carbocycles. The fourth-order valence-corrected chi connectivity index (χ4v) is 4.07. The first kappa shape index (κ1) is 21.7. The number of para-hydroxylation sites is 1. The Bertz CT molecular complexity index is 1240. The molecule has 156 valence electrons. The van der Waals surface area contributed by atoms with Gasteiger partial charge in [0.15, 0.2) is 5.71 Å². The fourth-order valence-electron chi connectivity index (χ4n) is 3.12. The van der Waals surface area contributed by atoms with Crippen LogP contribution in [0.3, 0.4) is 0 Å². The van der Waals surface area contributed by atoms with Gasteiger partial charge in [-0.1, -0.05) is 75.8 Å². The highest BCUT2D eigenvalue weighted by Gasteiger charge is 2.35. The number of carbonyl (C=O) groups excluding carboxylic acids is 2. The second kappa shape index (κ2) is 8.89. The van der Waals surface area contributed by atoms with Crippen molar-refractivity contribution in [2.45, 2.75) is 6.54 Å². The molecule has 1 amide bonds. The quantitative estimate of drug-likeness (QED) is 0.311. The number of carbonyl (C=O) groups is 2. The first-order chi connectivity index (χ1) is 14.8. The number of oxime groups is 1. The maximum atomic E-state index is 13.1. The Labute approximate surface area is 197 Å². The third-order valence-electron chi connectivity index (χ3n) is 4.61. The van der Waals surface area contributed by atoms with Crippen molar-refractivity contribution in [1.82, 2.24) is 0 Å². The van der Waals surface area contributed by atoms with Crippen LogP contribution in [0.25, 0.3) is 0 Å². The zero-order valence-corrected chi connectivity index (χ0v) is 18.6. The molecule has 3 aromatic rings. The number of hydrogen-bond donors (Lipinski definition) is 0. The van der Waals surface area contributed by atoms with Crippen molar-refractivity contribution in [2.24, 2.45) is 5.16 Å². The van der Waals surface area contributed by atoms with E-state index in [1.807, 2.05) is 0 Å². The predicted molar refractivity (Wildman–Crippen MR) is 123 cm³/mol. The molecule has 4 rings (SSSR count). The lowest BCUT2D eigenvalue weighted by Crippen LogP contribution is -2.30. The van der Waals surface area contributed by atoms with Gasteiger partial charge >= 0.3 is 5.97 Å². The largest absolute Gasteiger partial charge is 0.367 e. The Kier molecular flexibility index (Phi) is 6.21. The summed E-state index contributed by atoms with van der Waals surface area (Å²) in [6.07, 6.45) is 0. The van der Waals surface area contributed by atoms with E-state index in [2.05, 4.69) is 5.16 Å². The number of nitrogens with zero attached hydrogens (tertiary/aromatic N) is 2. The minimum absolute atomic E-state index is 0.000813. The first-order valence-electron chi connectivity index (χ1n) is 8.94. The Morgan fingerprint density at radius 1 is 0.903 bits per heavy atom. The van der Waals surface area contributed by atoms with Crippen LogP contribution < -0.4 is 4.90 Å². The zero-order valence-electron chi connectivity index (χ0n) is 15.6. The Hall–Kier alpha value is -2.57. The summed E-state index contributed by atoms with van der Waals surface area (Å²) in [6, 6.07) is 16.5. The van der Waals surface area contributed by atoms with Gasteiger partial charge in [0, 0.05) is 20.6 Å². The molecule has 0 spiro atoms. The summed E-state index contributed by atoms with van der Waals surface area (Å²) in [6.45, 7) is 0.196. The van der Waals surface area contributed by atoms with E-state index in [0.717, 1.165) is 0 Å². The second-order valence-electron chi connectivity index (χ2n) is 6.59. The van der Waals surface area contributed by atoms with Crippen LogP contribution in [0.4, 0.5) is 5.69 Å². The van der Waals surface area contributed by atoms with E-state index in [4.69, 9.17) is 51.2 Å². The van der Waals surface area contributed by atoms with Crippen molar-refractivity contribution >= 4 is 69.7 Å². The van der Waals surface area contributed by atoms with Crippen LogP contribution in [0.2, 0.25) is 20.1 Å². The van der Waals surface area contributed by atoms with Gasteiger partial charge in [-0.15, -0.1) is 0 Å². The minimum atomic E-state index is -0.807. The highest BCUT2D eigenvalue weighted by atomic mass is 35.5. The number of hydrogen-bond acceptors (Lipinski definition) is 4. The van der Waals surface area contributed by atoms with Gasteiger partial charge in [-0.25, -0.2) is 4.79 Å². The fraction of sp³-hybridized carbons (Fsp3) is 0.0455. The maximum Gasteiger partial charge on any atom is 0.367 e. The normalized spacial score (nSPS) is 14.1. The molecule has 0 fully saturated rings. The van der Waals surface area contributed by atoms with Gasteiger partial charge in [-0.2, -0.15) is 0 Å². The van der Waals surface area contributed by atoms with E-state index in [9.17, 15) is 9.59 Å². The summed E-state index contributed by atoms with van der Waals surface area (Å²) >= 11 is 24.1. The van der Waals surface area contributed by atoms with Gasteiger partial charge < -0.3 is 9.74 Å². The number of halogens is 4. The van der Waals surface area contributed by atoms with E-state index in [1.54, 1.807) is 42.5 Å². The van der Waals surface area contributed by atoms with Crippen molar-refractivity contribution in [1.29, 1.82) is 0 Å². The molecule has 0 radical (unpaired) electrons. The average Bonchev–Trinajstić information content (AvgIpc) is 2.99. The molecule has 3 aromatic carbocycles. The van der Waals surface area contributed by atoms with E-state index in [0.29, 0.717) is 31.9 Å². The Morgan fingerprint density at radius 2 is 1.58 bits per heavy atom. The predicted octanol–water partition coefficient (Wildman–Crippen LogP) is 6.41. The number of fused-ring (bicyclic) bond motifs is 1. The number of anilines is 1. The third-order valence-corrected chi connectivity index (χ3v) is 5.75. The summed E-state index contributed by atoms with van der Waals surface area (Å²) in [7, 11) is 0. The average molecular weight is 494 g/mol. The van der Waals surface area contributed by atoms with Crippen LogP contribution in [0, 0.1) is 0 Å². The van der Waals surface area contributed by atoms with Crippen molar-refractivity contribution < 1.29 is 14.4 Å². The van der Waals surface area contributed by atoms with Crippen LogP contribution in [-0.4, -0.2) is 17.6 Å². The van der Waals surface area contributed by atoms with Crippen LogP contribution in [-0.2, 0) is 16.2 Å². The number of amides is 1. The lowest BCUT2D eigenvalue weighted by atomic mass is 10.1. The molecule has 0 saturated heterocycles. The summed E-state index contributed by atoms with van der Waals surface area (Å²) in [5, 5.41) is 5.28. The van der Waals surface area contributed by atoms with Gasteiger partial charge in [0.2, 0.25) is 0 Å². The molecule has 0 saturated carbocycles. The minimum Gasteiger partial charge on any atom is -0.312 e. The molecule has 1 heterocycles. The molecule has 0 N–H and O–H groups in total. The summed E-state index contributed by atoms with van der Waals surface area (Å²) in [5.41, 5.74) is 1.95. The molecule has 9 heteroatoms. The molecule has 0 atom stereocenters. The summed E-state index contributed by atoms with van der Waals surface area (Å²) in [4.78, 5) is 32.0. The molecule has 0 aromatic heterocycles. The third kappa shape index (κ3) is 4.41. The molecule has 1 aliphatic heterocycles. The molecule has 31 heavy (non-hydrogen) atoms. The lowest BCUT2D eigenvalue weighted by molar-refractivity contribution is -0.112. The van der Waals surface area contributed by atoms with E-state index in [1.165, 1.54) is 23.1 Å². The molecule has 1 aliphatic rings. The van der Waals surface area contributed by atoms with Crippen molar-refractivity contribution in [3.05, 3.63) is 97.4 Å². The van der Waals surface area contributed by atoms with Crippen LogP contribution in [0.5, 0.6) is 0 Å². The van der Waals surface area contributed by atoms with Gasteiger partial charge in [-0.05, 0) is 42.0 Å². The molecule has 5 nitrogen and oxygen atoms in total. The van der Waals surface area contributed by atoms with Crippen molar-refractivity contribution in [3.8, 4) is 0 Å². The van der Waals surface area contributed by atoms with Crippen LogP contribution in [0.1, 0.15) is 21.5 Å². The van der Waals surface area contributed by atoms with E-state index >= 15 is 0 Å². The smallest absolute Gasteiger partial charge is 0.312 e. The highest BCUT2D eigenvalue weighted by Crippen LogP contribution is 2.32. The monoisotopic (exact) mass is 492 g/mol. The van der Waals surface area contributed by atoms with E-state index in [-0.39, 0.29) is 22.8 Å². The summed E-state index contributed by atoms with van der Waals surface area (Å²) in [5.74, 6) is -1.24. The van der Waals surface area contributed by atoms with Crippen molar-refractivity contribution in [3.63, 3.8) is 0 Å². The molecule has 0 unspecified atom stereocenters. The van der Waals surface area contributed by atoms with Gasteiger partial charge in [0.1, 0.15) is 0 Å². The number of rotatable bonds is 4. The van der Waals surface area contributed by atoms with Crippen LogP contribution >= 0.6 is 46.4 Å². The Balaban J connectivity index is 1.63. The zero-order chi connectivity index (χ0) is 22.1. The molecule has 0 bridgehead atoms. The topological polar surface area (TPSA) is 59.0 Å². The van der Waals surface area contributed by atoms with Gasteiger partial charge in [0.25, 0.3) is 5.91 Å². The first-order valence-corrected chi connectivity index (χ1v) is 10.5. The summed E-state index contributed by atoms with van der Waals surface area (Å²) < 4.78 is 0. The Morgan fingerprint density at radius 3 is 2.29 bits per heavy atom.